The summed E-state index contributed by atoms with van der Waals surface area (Å²) in [6.45, 7) is 5.46. The summed E-state index contributed by atoms with van der Waals surface area (Å²) in [5, 5.41) is 3.31. The summed E-state index contributed by atoms with van der Waals surface area (Å²) in [4.78, 5) is 52.5. The Morgan fingerprint density at radius 1 is 1.04 bits per heavy atom. The number of carbonyl (C=O) groups excluding carboxylic acids is 4. The summed E-state index contributed by atoms with van der Waals surface area (Å²) in [7, 11) is 1.32. The molecule has 0 radical (unpaired) electrons. The van der Waals surface area contributed by atoms with Crippen LogP contribution in [0.5, 0.6) is 0 Å². The minimum Gasteiger partial charge on any atom is -0.465 e. The Morgan fingerprint density at radius 3 is 2.32 bits per heavy atom. The fourth-order valence-electron chi connectivity index (χ4n) is 5.45. The first-order chi connectivity index (χ1) is 13.1. The number of rotatable bonds is 3. The van der Waals surface area contributed by atoms with Crippen LogP contribution in [0, 0.1) is 16.2 Å². The lowest BCUT2D eigenvalue weighted by molar-refractivity contribution is -0.147. The van der Waals surface area contributed by atoms with Crippen LogP contribution in [0.25, 0.3) is 0 Å². The van der Waals surface area contributed by atoms with Crippen molar-refractivity contribution in [1.82, 2.24) is 0 Å². The van der Waals surface area contributed by atoms with Crippen LogP contribution in [-0.4, -0.2) is 30.6 Å². The summed E-state index contributed by atoms with van der Waals surface area (Å²) in [6.07, 6.45) is 4.55. The molecule has 0 aromatic carbocycles. The van der Waals surface area contributed by atoms with Crippen LogP contribution in [0.15, 0.2) is 0 Å². The second-order valence-corrected chi connectivity index (χ2v) is 9.99. The second kappa shape index (κ2) is 5.99. The highest BCUT2D eigenvalue weighted by molar-refractivity contribution is 7.17. The Bertz CT molecular complexity index is 929. The predicted molar refractivity (Wildman–Crippen MR) is 104 cm³/mol. The van der Waals surface area contributed by atoms with Crippen LogP contribution in [0.3, 0.4) is 0 Å². The zero-order valence-electron chi connectivity index (χ0n) is 16.7. The van der Waals surface area contributed by atoms with Crippen molar-refractivity contribution in [1.29, 1.82) is 0 Å². The maximum Gasteiger partial charge on any atom is 0.341 e. The van der Waals surface area contributed by atoms with E-state index >= 15 is 0 Å². The Labute approximate surface area is 168 Å². The quantitative estimate of drug-likeness (QED) is 0.475. The van der Waals surface area contributed by atoms with Crippen LogP contribution in [0.2, 0.25) is 0 Å². The SMILES string of the molecule is COC(=O)c1c(NC(=O)C23CCC(C)(C(=O)C2=O)C3(C)C)sc2c1CCCC2. The van der Waals surface area contributed by atoms with E-state index in [1.807, 2.05) is 13.8 Å². The normalized spacial score (nSPS) is 30.3. The molecule has 1 aromatic heterocycles. The molecule has 1 aromatic rings. The van der Waals surface area contributed by atoms with Crippen LogP contribution >= 0.6 is 11.3 Å². The summed E-state index contributed by atoms with van der Waals surface area (Å²) in [5.41, 5.74) is -1.62. The zero-order chi connectivity index (χ0) is 20.5. The molecule has 3 aliphatic carbocycles. The van der Waals surface area contributed by atoms with Crippen molar-refractivity contribution in [3.63, 3.8) is 0 Å². The Hall–Kier alpha value is -2.02. The van der Waals surface area contributed by atoms with Gasteiger partial charge in [-0.05, 0) is 49.5 Å². The highest BCUT2D eigenvalue weighted by Gasteiger charge is 2.77. The molecule has 150 valence electrons. The van der Waals surface area contributed by atoms with Gasteiger partial charge in [0.1, 0.15) is 10.4 Å². The number of ether oxygens (including phenoxy) is 1. The molecule has 6 nitrogen and oxygen atoms in total. The Morgan fingerprint density at radius 2 is 1.71 bits per heavy atom. The number of amides is 1. The zero-order valence-corrected chi connectivity index (χ0v) is 17.5. The Balaban J connectivity index is 1.76. The van der Waals surface area contributed by atoms with Crippen molar-refractivity contribution >= 4 is 39.8 Å². The third kappa shape index (κ3) is 2.08. The lowest BCUT2D eigenvalue weighted by Crippen LogP contribution is -2.47. The largest absolute Gasteiger partial charge is 0.465 e. The van der Waals surface area contributed by atoms with E-state index in [0.29, 0.717) is 23.4 Å². The minimum absolute atomic E-state index is 0.353. The molecule has 28 heavy (non-hydrogen) atoms. The highest BCUT2D eigenvalue weighted by atomic mass is 32.1. The van der Waals surface area contributed by atoms with E-state index in [2.05, 4.69) is 5.32 Å². The van der Waals surface area contributed by atoms with Crippen molar-refractivity contribution < 1.29 is 23.9 Å². The molecule has 1 amide bonds. The number of anilines is 1. The molecule has 0 aliphatic heterocycles. The first-order valence-electron chi connectivity index (χ1n) is 9.75. The molecular formula is C21H25NO5S. The molecular weight excluding hydrogens is 378 g/mol. The van der Waals surface area contributed by atoms with Gasteiger partial charge in [-0.15, -0.1) is 11.3 Å². The summed E-state index contributed by atoms with van der Waals surface area (Å²) < 4.78 is 4.96. The number of thiophene rings is 1. The smallest absolute Gasteiger partial charge is 0.341 e. The molecule has 2 bridgehead atoms. The van der Waals surface area contributed by atoms with Gasteiger partial charge in [-0.3, -0.25) is 14.4 Å². The van der Waals surface area contributed by atoms with Crippen molar-refractivity contribution in [2.45, 2.75) is 59.3 Å². The summed E-state index contributed by atoms with van der Waals surface area (Å²) in [5.74, 6) is -1.99. The molecule has 1 heterocycles. The number of esters is 1. The van der Waals surface area contributed by atoms with Gasteiger partial charge in [-0.2, -0.15) is 0 Å². The van der Waals surface area contributed by atoms with Crippen molar-refractivity contribution in [3.8, 4) is 0 Å². The molecule has 2 saturated carbocycles. The number of hydrogen-bond donors (Lipinski definition) is 1. The van der Waals surface area contributed by atoms with Gasteiger partial charge in [0, 0.05) is 10.3 Å². The van der Waals surface area contributed by atoms with Gasteiger partial charge in [-0.1, -0.05) is 20.8 Å². The number of fused-ring (bicyclic) bond motifs is 3. The van der Waals surface area contributed by atoms with E-state index in [1.54, 1.807) is 6.92 Å². The fourth-order valence-corrected chi connectivity index (χ4v) is 6.73. The number of hydrogen-bond acceptors (Lipinski definition) is 6. The standard InChI is InChI=1S/C21H25NO5S/c1-19(2)20(3)9-10-21(19,15(24)14(20)23)18(26)22-16-13(17(25)27-4)11-7-5-6-8-12(11)28-16/h5-10H2,1-4H3,(H,22,26). The third-order valence-electron chi connectivity index (χ3n) is 7.72. The summed E-state index contributed by atoms with van der Waals surface area (Å²) in [6, 6.07) is 0. The van der Waals surface area contributed by atoms with Gasteiger partial charge in [0.15, 0.2) is 0 Å². The van der Waals surface area contributed by atoms with Gasteiger partial charge >= 0.3 is 5.97 Å². The van der Waals surface area contributed by atoms with E-state index in [1.165, 1.54) is 18.4 Å². The van der Waals surface area contributed by atoms with Gasteiger partial charge in [0.2, 0.25) is 17.5 Å². The van der Waals surface area contributed by atoms with Crippen LogP contribution in [-0.2, 0) is 32.0 Å². The van der Waals surface area contributed by atoms with Crippen molar-refractivity contribution in [2.75, 3.05) is 12.4 Å². The van der Waals surface area contributed by atoms with Gasteiger partial charge in [-0.25, -0.2) is 4.79 Å². The van der Waals surface area contributed by atoms with Crippen LogP contribution in [0.4, 0.5) is 5.00 Å². The predicted octanol–water partition coefficient (Wildman–Crippen LogP) is 3.32. The number of ketones is 2. The maximum atomic E-state index is 13.5. The first kappa shape index (κ1) is 19.3. The number of Topliss-reactive ketones (excluding diaryl/α,β-unsaturated/α-hetero) is 2. The van der Waals surface area contributed by atoms with E-state index < -0.39 is 39.7 Å². The molecule has 2 atom stereocenters. The first-order valence-corrected chi connectivity index (χ1v) is 10.6. The van der Waals surface area contributed by atoms with Crippen molar-refractivity contribution in [3.05, 3.63) is 16.0 Å². The number of carbonyl (C=O) groups is 4. The Kier molecular flexibility index (Phi) is 4.13. The highest BCUT2D eigenvalue weighted by Crippen LogP contribution is 2.69. The topological polar surface area (TPSA) is 89.5 Å². The molecule has 0 saturated heterocycles. The second-order valence-electron chi connectivity index (χ2n) is 8.88. The third-order valence-corrected chi connectivity index (χ3v) is 8.92. The monoisotopic (exact) mass is 403 g/mol. The van der Waals surface area contributed by atoms with Crippen LogP contribution in [0.1, 0.15) is 67.3 Å². The molecule has 7 heteroatoms. The van der Waals surface area contributed by atoms with E-state index in [0.717, 1.165) is 36.1 Å². The molecule has 2 unspecified atom stereocenters. The van der Waals surface area contributed by atoms with Crippen LogP contribution < -0.4 is 5.32 Å². The van der Waals surface area contributed by atoms with E-state index in [9.17, 15) is 19.2 Å². The van der Waals surface area contributed by atoms with Gasteiger partial charge < -0.3 is 10.1 Å². The van der Waals surface area contributed by atoms with Crippen molar-refractivity contribution in [2.24, 2.45) is 16.2 Å². The number of methoxy groups -OCH3 is 1. The maximum absolute atomic E-state index is 13.5. The molecule has 2 fully saturated rings. The minimum atomic E-state index is -1.38. The lowest BCUT2D eigenvalue weighted by atomic mass is 9.64. The molecule has 1 N–H and O–H groups in total. The van der Waals surface area contributed by atoms with Gasteiger partial charge in [0.25, 0.3) is 0 Å². The van der Waals surface area contributed by atoms with Gasteiger partial charge in [0.05, 0.1) is 12.7 Å². The average molecular weight is 404 g/mol. The fraction of sp³-hybridized carbons (Fsp3) is 0.619. The van der Waals surface area contributed by atoms with E-state index in [-0.39, 0.29) is 0 Å². The molecule has 4 rings (SSSR count). The number of aryl methyl sites for hydroxylation is 1. The summed E-state index contributed by atoms with van der Waals surface area (Å²) >= 11 is 1.39. The lowest BCUT2D eigenvalue weighted by Gasteiger charge is -2.37. The molecule has 3 aliphatic rings. The number of nitrogens with one attached hydrogen (secondary N) is 1. The molecule has 0 spiro atoms. The van der Waals surface area contributed by atoms with E-state index in [4.69, 9.17) is 4.74 Å². The average Bonchev–Trinajstić information content (AvgIpc) is 3.16.